The summed E-state index contributed by atoms with van der Waals surface area (Å²) in [4.78, 5) is 23.9. The van der Waals surface area contributed by atoms with Crippen molar-refractivity contribution in [2.24, 2.45) is 5.92 Å². The predicted octanol–water partition coefficient (Wildman–Crippen LogP) is 3.81. The minimum Gasteiger partial charge on any atom is -0.452 e. The number of hydrogen-bond acceptors (Lipinski definition) is 3. The van der Waals surface area contributed by atoms with Crippen LogP contribution in [0.4, 0.5) is 10.1 Å². The van der Waals surface area contributed by atoms with Crippen LogP contribution in [0.1, 0.15) is 26.2 Å². The lowest BCUT2D eigenvalue weighted by atomic mass is 9.95. The second-order valence-electron chi connectivity index (χ2n) is 5.17. The fourth-order valence-electron chi connectivity index (χ4n) is 2.16. The van der Waals surface area contributed by atoms with E-state index >= 15 is 0 Å². The molecule has 0 fully saturated rings. The molecule has 0 spiro atoms. The van der Waals surface area contributed by atoms with Crippen LogP contribution < -0.4 is 5.32 Å². The standard InChI is InChI=1S/C16H17BrFNO3/c1-10(22-16(21)11-5-3-2-4-6-11)15(20)19-14-8-7-12(17)9-13(14)18/h2-3,7-11H,4-6H2,1H3,(H,19,20). The minimum atomic E-state index is -0.971. The topological polar surface area (TPSA) is 55.4 Å². The monoisotopic (exact) mass is 369 g/mol. The smallest absolute Gasteiger partial charge is 0.310 e. The van der Waals surface area contributed by atoms with Crippen molar-refractivity contribution in [3.8, 4) is 0 Å². The molecule has 1 aliphatic carbocycles. The number of esters is 1. The van der Waals surface area contributed by atoms with Crippen LogP contribution in [0, 0.1) is 11.7 Å². The van der Waals surface area contributed by atoms with Crippen molar-refractivity contribution in [1.82, 2.24) is 0 Å². The molecule has 6 heteroatoms. The van der Waals surface area contributed by atoms with E-state index in [1.54, 1.807) is 6.07 Å². The van der Waals surface area contributed by atoms with Gasteiger partial charge in [-0.05, 0) is 44.4 Å². The molecule has 2 rings (SSSR count). The third kappa shape index (κ3) is 4.40. The summed E-state index contributed by atoms with van der Waals surface area (Å²) < 4.78 is 19.4. The average molecular weight is 370 g/mol. The van der Waals surface area contributed by atoms with E-state index in [2.05, 4.69) is 21.2 Å². The van der Waals surface area contributed by atoms with Gasteiger partial charge in [-0.25, -0.2) is 4.39 Å². The van der Waals surface area contributed by atoms with E-state index in [0.717, 1.165) is 12.8 Å². The zero-order chi connectivity index (χ0) is 16.1. The molecule has 0 saturated carbocycles. The average Bonchev–Trinajstić information content (AvgIpc) is 2.50. The van der Waals surface area contributed by atoms with Gasteiger partial charge in [0, 0.05) is 4.47 Å². The molecule has 118 valence electrons. The third-order valence-electron chi connectivity index (χ3n) is 3.45. The number of ether oxygens (including phenoxy) is 1. The first kappa shape index (κ1) is 16.7. The molecule has 1 N–H and O–H groups in total. The summed E-state index contributed by atoms with van der Waals surface area (Å²) in [6.07, 6.45) is 5.19. The van der Waals surface area contributed by atoms with Crippen LogP contribution in [0.25, 0.3) is 0 Å². The Kier molecular flexibility index (Phi) is 5.71. The van der Waals surface area contributed by atoms with Gasteiger partial charge in [-0.1, -0.05) is 28.1 Å². The zero-order valence-corrected chi connectivity index (χ0v) is 13.7. The molecule has 1 aliphatic rings. The molecule has 0 aliphatic heterocycles. The minimum absolute atomic E-state index is 0.0525. The summed E-state index contributed by atoms with van der Waals surface area (Å²) in [5, 5.41) is 2.42. The van der Waals surface area contributed by atoms with E-state index in [9.17, 15) is 14.0 Å². The van der Waals surface area contributed by atoms with Crippen LogP contribution in [-0.2, 0) is 14.3 Å². The molecule has 0 aromatic heterocycles. The van der Waals surface area contributed by atoms with Crippen molar-refractivity contribution in [2.45, 2.75) is 32.3 Å². The first-order valence-electron chi connectivity index (χ1n) is 7.09. The maximum Gasteiger partial charge on any atom is 0.310 e. The van der Waals surface area contributed by atoms with E-state index in [4.69, 9.17) is 4.74 Å². The van der Waals surface area contributed by atoms with Crippen LogP contribution in [0.5, 0.6) is 0 Å². The van der Waals surface area contributed by atoms with Crippen LogP contribution in [-0.4, -0.2) is 18.0 Å². The number of hydrogen-bond donors (Lipinski definition) is 1. The highest BCUT2D eigenvalue weighted by molar-refractivity contribution is 9.10. The molecular weight excluding hydrogens is 353 g/mol. The van der Waals surface area contributed by atoms with Crippen molar-refractivity contribution in [1.29, 1.82) is 0 Å². The molecule has 1 aromatic rings. The number of anilines is 1. The highest BCUT2D eigenvalue weighted by Gasteiger charge is 2.25. The van der Waals surface area contributed by atoms with Gasteiger partial charge in [0.15, 0.2) is 6.10 Å². The Morgan fingerprint density at radius 2 is 2.18 bits per heavy atom. The van der Waals surface area contributed by atoms with Gasteiger partial charge in [-0.2, -0.15) is 0 Å². The van der Waals surface area contributed by atoms with Gasteiger partial charge in [-0.15, -0.1) is 0 Å². The fraction of sp³-hybridized carbons (Fsp3) is 0.375. The zero-order valence-electron chi connectivity index (χ0n) is 12.1. The number of halogens is 2. The van der Waals surface area contributed by atoms with Gasteiger partial charge in [-0.3, -0.25) is 9.59 Å². The Bertz CT molecular complexity index is 603. The van der Waals surface area contributed by atoms with Crippen LogP contribution in [0.2, 0.25) is 0 Å². The summed E-state index contributed by atoms with van der Waals surface area (Å²) >= 11 is 3.14. The number of carbonyl (C=O) groups excluding carboxylic acids is 2. The van der Waals surface area contributed by atoms with E-state index in [1.165, 1.54) is 19.1 Å². The van der Waals surface area contributed by atoms with Crippen molar-refractivity contribution >= 4 is 33.5 Å². The highest BCUT2D eigenvalue weighted by atomic mass is 79.9. The van der Waals surface area contributed by atoms with Gasteiger partial charge in [0.2, 0.25) is 0 Å². The number of amides is 1. The van der Waals surface area contributed by atoms with Gasteiger partial charge < -0.3 is 10.1 Å². The van der Waals surface area contributed by atoms with E-state index < -0.39 is 17.8 Å². The third-order valence-corrected chi connectivity index (χ3v) is 3.95. The van der Waals surface area contributed by atoms with Crippen molar-refractivity contribution in [3.63, 3.8) is 0 Å². The lowest BCUT2D eigenvalue weighted by molar-refractivity contribution is -0.157. The number of carbonyl (C=O) groups is 2. The molecular formula is C16H17BrFNO3. The normalized spacial score (nSPS) is 18.6. The van der Waals surface area contributed by atoms with Crippen molar-refractivity contribution in [2.75, 3.05) is 5.32 Å². The Morgan fingerprint density at radius 1 is 1.41 bits per heavy atom. The van der Waals surface area contributed by atoms with E-state index in [-0.39, 0.29) is 17.6 Å². The largest absolute Gasteiger partial charge is 0.452 e. The van der Waals surface area contributed by atoms with Gasteiger partial charge in [0.1, 0.15) is 5.82 Å². The summed E-state index contributed by atoms with van der Waals surface area (Å²) in [5.41, 5.74) is 0.0525. The lowest BCUT2D eigenvalue weighted by Crippen LogP contribution is -2.32. The molecule has 0 saturated heterocycles. The predicted molar refractivity (Wildman–Crippen MR) is 84.8 cm³/mol. The van der Waals surface area contributed by atoms with E-state index in [0.29, 0.717) is 10.9 Å². The Labute approximate surface area is 136 Å². The molecule has 4 nitrogen and oxygen atoms in total. The summed E-state index contributed by atoms with van der Waals surface area (Å²) in [5.74, 6) is -1.70. The molecule has 1 amide bonds. The van der Waals surface area contributed by atoms with E-state index in [1.807, 2.05) is 12.2 Å². The molecule has 2 atom stereocenters. The Balaban J connectivity index is 1.91. The molecule has 1 aromatic carbocycles. The molecule has 2 unspecified atom stereocenters. The van der Waals surface area contributed by atoms with Crippen molar-refractivity contribution in [3.05, 3.63) is 40.6 Å². The Morgan fingerprint density at radius 3 is 2.82 bits per heavy atom. The SMILES string of the molecule is CC(OC(=O)C1CC=CCC1)C(=O)Nc1ccc(Br)cc1F. The van der Waals surface area contributed by atoms with Crippen LogP contribution >= 0.6 is 15.9 Å². The number of rotatable bonds is 4. The molecule has 22 heavy (non-hydrogen) atoms. The number of allylic oxidation sites excluding steroid dienone is 2. The maximum atomic E-state index is 13.7. The van der Waals surface area contributed by atoms with Crippen molar-refractivity contribution < 1.29 is 18.7 Å². The van der Waals surface area contributed by atoms with Crippen LogP contribution in [0.15, 0.2) is 34.8 Å². The molecule has 0 radical (unpaired) electrons. The molecule has 0 heterocycles. The fourth-order valence-corrected chi connectivity index (χ4v) is 2.49. The highest BCUT2D eigenvalue weighted by Crippen LogP contribution is 2.21. The summed E-state index contributed by atoms with van der Waals surface area (Å²) in [7, 11) is 0. The first-order valence-corrected chi connectivity index (χ1v) is 7.88. The van der Waals surface area contributed by atoms with Crippen LogP contribution in [0.3, 0.4) is 0 Å². The molecule has 0 bridgehead atoms. The Hall–Kier alpha value is -1.69. The van der Waals surface area contributed by atoms with Gasteiger partial charge in [0.25, 0.3) is 5.91 Å². The lowest BCUT2D eigenvalue weighted by Gasteiger charge is -2.19. The summed E-state index contributed by atoms with van der Waals surface area (Å²) in [6, 6.07) is 4.31. The quantitative estimate of drug-likeness (QED) is 0.648. The maximum absolute atomic E-state index is 13.7. The number of nitrogens with one attached hydrogen (secondary N) is 1. The van der Waals surface area contributed by atoms with Gasteiger partial charge >= 0.3 is 5.97 Å². The summed E-state index contributed by atoms with van der Waals surface area (Å²) in [6.45, 7) is 1.47. The second kappa shape index (κ2) is 7.54. The number of benzene rings is 1. The second-order valence-corrected chi connectivity index (χ2v) is 6.09. The van der Waals surface area contributed by atoms with Gasteiger partial charge in [0.05, 0.1) is 11.6 Å². The first-order chi connectivity index (χ1) is 10.5.